The zero-order chi connectivity index (χ0) is 12.7. The van der Waals surface area contributed by atoms with Gasteiger partial charge in [0.2, 0.25) is 0 Å². The summed E-state index contributed by atoms with van der Waals surface area (Å²) in [5, 5.41) is 2.01. The van der Waals surface area contributed by atoms with Gasteiger partial charge in [-0.3, -0.25) is 4.79 Å². The van der Waals surface area contributed by atoms with Gasteiger partial charge in [-0.25, -0.2) is 0 Å². The number of hydrogen-bond donors (Lipinski definition) is 0. The van der Waals surface area contributed by atoms with Crippen LogP contribution in [0.25, 0.3) is 10.8 Å². The second-order valence-corrected chi connectivity index (χ2v) is 5.46. The summed E-state index contributed by atoms with van der Waals surface area (Å²) in [6.45, 7) is 4.19. The average Bonchev–Trinajstić information content (AvgIpc) is 2.87. The molecule has 1 aliphatic rings. The highest BCUT2D eigenvalue weighted by Crippen LogP contribution is 2.29. The molecule has 0 aliphatic heterocycles. The second kappa shape index (κ2) is 4.27. The van der Waals surface area contributed by atoms with E-state index in [-0.39, 0.29) is 5.56 Å². The van der Waals surface area contributed by atoms with Crippen molar-refractivity contribution in [3.05, 3.63) is 45.9 Å². The molecule has 0 atom stereocenters. The van der Waals surface area contributed by atoms with Crippen molar-refractivity contribution in [2.75, 3.05) is 0 Å². The molecule has 2 aromatic rings. The van der Waals surface area contributed by atoms with Crippen LogP contribution in [-0.4, -0.2) is 4.57 Å². The molecule has 1 saturated carbocycles. The lowest BCUT2D eigenvalue weighted by molar-refractivity contribution is 0.504. The number of benzene rings is 1. The fraction of sp³-hybridized carbons (Fsp3) is 0.438. The normalized spacial score (nSPS) is 16.6. The van der Waals surface area contributed by atoms with Gasteiger partial charge in [0.25, 0.3) is 5.56 Å². The Morgan fingerprint density at radius 3 is 2.56 bits per heavy atom. The lowest BCUT2D eigenvalue weighted by atomic mass is 10.0. The van der Waals surface area contributed by atoms with E-state index in [2.05, 4.69) is 26.1 Å². The van der Waals surface area contributed by atoms with Gasteiger partial charge in [0.1, 0.15) is 0 Å². The molecule has 0 unspecified atom stereocenters. The molecule has 3 rings (SSSR count). The van der Waals surface area contributed by atoms with Crippen molar-refractivity contribution in [3.8, 4) is 0 Å². The molecule has 1 fully saturated rings. The van der Waals surface area contributed by atoms with Crippen LogP contribution in [0.4, 0.5) is 0 Å². The Hall–Kier alpha value is -1.57. The van der Waals surface area contributed by atoms with Gasteiger partial charge >= 0.3 is 0 Å². The van der Waals surface area contributed by atoms with Crippen LogP contribution < -0.4 is 5.56 Å². The van der Waals surface area contributed by atoms with Crippen molar-refractivity contribution in [1.29, 1.82) is 0 Å². The first-order valence-corrected chi connectivity index (χ1v) is 6.79. The predicted molar refractivity (Wildman–Crippen MR) is 75.2 cm³/mol. The van der Waals surface area contributed by atoms with Gasteiger partial charge in [0.05, 0.1) is 0 Å². The van der Waals surface area contributed by atoms with E-state index < -0.39 is 0 Å². The monoisotopic (exact) mass is 241 g/mol. The largest absolute Gasteiger partial charge is 0.312 e. The number of aromatic nitrogens is 1. The van der Waals surface area contributed by atoms with Crippen LogP contribution in [0, 0.1) is 13.8 Å². The maximum Gasteiger partial charge on any atom is 0.258 e. The standard InChI is InChI=1S/C16H19NO/c1-11-6-5-9-14-15(11)12(2)10-17(16(14)18)13-7-3-4-8-13/h5-6,9-10,13H,3-4,7-8H2,1-2H3. The molecule has 1 aromatic heterocycles. The highest BCUT2D eigenvalue weighted by molar-refractivity contribution is 5.87. The minimum Gasteiger partial charge on any atom is -0.312 e. The summed E-state index contributed by atoms with van der Waals surface area (Å²) in [6.07, 6.45) is 6.87. The Balaban J connectivity index is 2.30. The first-order valence-electron chi connectivity index (χ1n) is 6.79. The van der Waals surface area contributed by atoms with Crippen LogP contribution in [0.1, 0.15) is 42.9 Å². The van der Waals surface area contributed by atoms with Crippen LogP contribution in [0.5, 0.6) is 0 Å². The lowest BCUT2D eigenvalue weighted by Gasteiger charge is -2.16. The molecule has 18 heavy (non-hydrogen) atoms. The molecule has 0 spiro atoms. The average molecular weight is 241 g/mol. The van der Waals surface area contributed by atoms with Gasteiger partial charge in [-0.1, -0.05) is 25.0 Å². The van der Waals surface area contributed by atoms with E-state index in [1.807, 2.05) is 16.7 Å². The molecule has 94 valence electrons. The van der Waals surface area contributed by atoms with Crippen molar-refractivity contribution in [2.45, 2.75) is 45.6 Å². The zero-order valence-corrected chi connectivity index (χ0v) is 11.1. The molecule has 0 radical (unpaired) electrons. The second-order valence-electron chi connectivity index (χ2n) is 5.46. The van der Waals surface area contributed by atoms with Crippen molar-refractivity contribution in [1.82, 2.24) is 4.57 Å². The maximum absolute atomic E-state index is 12.6. The molecular formula is C16H19NO. The van der Waals surface area contributed by atoms with E-state index in [9.17, 15) is 4.79 Å². The van der Waals surface area contributed by atoms with Gasteiger partial charge in [-0.15, -0.1) is 0 Å². The van der Waals surface area contributed by atoms with Crippen LogP contribution >= 0.6 is 0 Å². The predicted octanol–water partition coefficient (Wildman–Crippen LogP) is 3.73. The highest BCUT2D eigenvalue weighted by atomic mass is 16.1. The third kappa shape index (κ3) is 1.67. The van der Waals surface area contributed by atoms with E-state index in [1.54, 1.807) is 0 Å². The minimum absolute atomic E-state index is 0.186. The number of aryl methyl sites for hydroxylation is 2. The molecule has 2 heteroatoms. The molecule has 1 heterocycles. The Labute approximate surface area is 107 Å². The Morgan fingerprint density at radius 2 is 1.83 bits per heavy atom. The van der Waals surface area contributed by atoms with Crippen molar-refractivity contribution in [2.24, 2.45) is 0 Å². The maximum atomic E-state index is 12.6. The summed E-state index contributed by atoms with van der Waals surface area (Å²) >= 11 is 0. The van der Waals surface area contributed by atoms with Crippen LogP contribution in [0.2, 0.25) is 0 Å². The fourth-order valence-electron chi connectivity index (χ4n) is 3.29. The third-order valence-corrected chi connectivity index (χ3v) is 4.18. The van der Waals surface area contributed by atoms with Gasteiger partial charge in [-0.05, 0) is 49.3 Å². The van der Waals surface area contributed by atoms with Gasteiger partial charge < -0.3 is 4.57 Å². The van der Waals surface area contributed by atoms with Crippen molar-refractivity contribution < 1.29 is 0 Å². The Morgan fingerprint density at radius 1 is 1.11 bits per heavy atom. The molecule has 2 nitrogen and oxygen atoms in total. The third-order valence-electron chi connectivity index (χ3n) is 4.18. The Bertz CT molecular complexity index is 648. The quantitative estimate of drug-likeness (QED) is 0.745. The lowest BCUT2D eigenvalue weighted by Crippen LogP contribution is -2.23. The highest BCUT2D eigenvalue weighted by Gasteiger charge is 2.19. The van der Waals surface area contributed by atoms with E-state index in [0.717, 1.165) is 23.6 Å². The number of pyridine rings is 1. The molecule has 0 amide bonds. The summed E-state index contributed by atoms with van der Waals surface area (Å²) in [5.41, 5.74) is 2.60. The Kier molecular flexibility index (Phi) is 2.73. The molecule has 0 bridgehead atoms. The summed E-state index contributed by atoms with van der Waals surface area (Å²) in [4.78, 5) is 12.6. The van der Waals surface area contributed by atoms with Crippen LogP contribution in [0.15, 0.2) is 29.2 Å². The van der Waals surface area contributed by atoms with Crippen molar-refractivity contribution >= 4 is 10.8 Å². The first kappa shape index (κ1) is 11.5. The minimum atomic E-state index is 0.186. The van der Waals surface area contributed by atoms with Gasteiger partial charge in [0.15, 0.2) is 0 Å². The van der Waals surface area contributed by atoms with E-state index in [1.165, 1.54) is 24.0 Å². The molecule has 1 aromatic carbocycles. The van der Waals surface area contributed by atoms with Gasteiger partial charge in [-0.2, -0.15) is 0 Å². The summed E-state index contributed by atoms with van der Waals surface area (Å²) < 4.78 is 1.98. The fourth-order valence-corrected chi connectivity index (χ4v) is 3.29. The summed E-state index contributed by atoms with van der Waals surface area (Å²) in [5.74, 6) is 0. The number of nitrogens with zero attached hydrogens (tertiary/aromatic N) is 1. The summed E-state index contributed by atoms with van der Waals surface area (Å²) in [7, 11) is 0. The van der Waals surface area contributed by atoms with E-state index >= 15 is 0 Å². The number of rotatable bonds is 1. The van der Waals surface area contributed by atoms with Crippen LogP contribution in [0.3, 0.4) is 0 Å². The molecular weight excluding hydrogens is 222 g/mol. The number of fused-ring (bicyclic) bond motifs is 1. The molecule has 0 saturated heterocycles. The topological polar surface area (TPSA) is 22.0 Å². The number of hydrogen-bond acceptors (Lipinski definition) is 1. The van der Waals surface area contributed by atoms with Crippen LogP contribution in [-0.2, 0) is 0 Å². The SMILES string of the molecule is Cc1cccc2c(=O)n(C3CCCC3)cc(C)c12. The van der Waals surface area contributed by atoms with E-state index in [0.29, 0.717) is 6.04 Å². The van der Waals surface area contributed by atoms with Crippen molar-refractivity contribution in [3.63, 3.8) is 0 Å². The molecule has 1 aliphatic carbocycles. The van der Waals surface area contributed by atoms with E-state index in [4.69, 9.17) is 0 Å². The molecule has 0 N–H and O–H groups in total. The zero-order valence-electron chi connectivity index (χ0n) is 11.1. The smallest absolute Gasteiger partial charge is 0.258 e. The first-order chi connectivity index (χ1) is 8.68. The summed E-state index contributed by atoms with van der Waals surface area (Å²) in [6, 6.07) is 6.44. The van der Waals surface area contributed by atoms with Gasteiger partial charge in [0, 0.05) is 17.6 Å².